The zero-order valence-corrected chi connectivity index (χ0v) is 14.3. The Morgan fingerprint density at radius 2 is 2.00 bits per heavy atom. The van der Waals surface area contributed by atoms with E-state index in [9.17, 15) is 4.79 Å². The average molecular weight is 325 g/mol. The SMILES string of the molecule is Cc1cccc(N=C2NC(=O)C(Cc3ccc(C)c(C)c3)S2)n1. The maximum atomic E-state index is 12.2. The van der Waals surface area contributed by atoms with Crippen LogP contribution in [0.5, 0.6) is 0 Å². The quantitative estimate of drug-likeness (QED) is 0.940. The van der Waals surface area contributed by atoms with Gasteiger partial charge in [0.1, 0.15) is 0 Å². The molecule has 1 aliphatic rings. The smallest absolute Gasteiger partial charge is 0.239 e. The van der Waals surface area contributed by atoms with Gasteiger partial charge in [-0.3, -0.25) is 4.79 Å². The molecule has 1 aromatic heterocycles. The number of aryl methyl sites for hydroxylation is 3. The van der Waals surface area contributed by atoms with Crippen LogP contribution in [0.15, 0.2) is 41.4 Å². The van der Waals surface area contributed by atoms with Gasteiger partial charge in [0.2, 0.25) is 5.91 Å². The first kappa shape index (κ1) is 15.7. The Morgan fingerprint density at radius 1 is 1.17 bits per heavy atom. The molecule has 0 bridgehead atoms. The van der Waals surface area contributed by atoms with Gasteiger partial charge in [0, 0.05) is 5.69 Å². The number of rotatable bonds is 3. The van der Waals surface area contributed by atoms with E-state index in [0.29, 0.717) is 17.4 Å². The largest absolute Gasteiger partial charge is 0.304 e. The maximum Gasteiger partial charge on any atom is 0.239 e. The Bertz CT molecular complexity index is 786. The molecule has 1 aromatic carbocycles. The third kappa shape index (κ3) is 3.79. The molecule has 118 valence electrons. The van der Waals surface area contributed by atoms with Crippen LogP contribution in [0.1, 0.15) is 22.4 Å². The lowest BCUT2D eigenvalue weighted by atomic mass is 10.0. The summed E-state index contributed by atoms with van der Waals surface area (Å²) >= 11 is 1.47. The molecule has 1 fully saturated rings. The van der Waals surface area contributed by atoms with Gasteiger partial charge < -0.3 is 5.32 Å². The van der Waals surface area contributed by atoms with Crippen molar-refractivity contribution in [2.24, 2.45) is 4.99 Å². The Kier molecular flexibility index (Phi) is 4.48. The molecule has 0 aliphatic carbocycles. The minimum atomic E-state index is -0.138. The number of hydrogen-bond donors (Lipinski definition) is 1. The highest BCUT2D eigenvalue weighted by molar-refractivity contribution is 8.15. The Morgan fingerprint density at radius 3 is 2.74 bits per heavy atom. The van der Waals surface area contributed by atoms with Gasteiger partial charge in [-0.15, -0.1) is 0 Å². The number of nitrogens with one attached hydrogen (secondary N) is 1. The first-order valence-electron chi connectivity index (χ1n) is 7.57. The number of nitrogens with zero attached hydrogens (tertiary/aromatic N) is 2. The molecule has 1 unspecified atom stereocenters. The number of amides is 1. The van der Waals surface area contributed by atoms with Gasteiger partial charge in [0.05, 0.1) is 5.25 Å². The molecule has 23 heavy (non-hydrogen) atoms. The minimum absolute atomic E-state index is 0.0135. The Hall–Kier alpha value is -2.14. The van der Waals surface area contributed by atoms with Crippen molar-refractivity contribution in [2.45, 2.75) is 32.4 Å². The third-order valence-corrected chi connectivity index (χ3v) is 4.94. The number of thioether (sulfide) groups is 1. The average Bonchev–Trinajstić information content (AvgIpc) is 2.83. The molecular weight excluding hydrogens is 306 g/mol. The van der Waals surface area contributed by atoms with Crippen LogP contribution in [0.25, 0.3) is 0 Å². The molecule has 4 nitrogen and oxygen atoms in total. The molecule has 1 N–H and O–H groups in total. The summed E-state index contributed by atoms with van der Waals surface area (Å²) in [5.41, 5.74) is 4.61. The lowest BCUT2D eigenvalue weighted by Gasteiger charge is -2.07. The predicted molar refractivity (Wildman–Crippen MR) is 95.2 cm³/mol. The van der Waals surface area contributed by atoms with Gasteiger partial charge in [-0.1, -0.05) is 36.0 Å². The van der Waals surface area contributed by atoms with Crippen molar-refractivity contribution >= 4 is 28.7 Å². The van der Waals surface area contributed by atoms with Crippen LogP contribution < -0.4 is 5.32 Å². The van der Waals surface area contributed by atoms with E-state index in [2.05, 4.69) is 47.3 Å². The molecule has 2 heterocycles. The normalized spacial score (nSPS) is 19.2. The highest BCUT2D eigenvalue weighted by atomic mass is 32.2. The second-order valence-corrected chi connectivity index (χ2v) is 6.96. The molecule has 1 saturated heterocycles. The van der Waals surface area contributed by atoms with Gasteiger partial charge >= 0.3 is 0 Å². The standard InChI is InChI=1S/C18H19N3OS/c1-11-7-8-14(9-12(11)2)10-15-17(22)21-18(23-15)20-16-6-4-5-13(3)19-16/h4-9,15H,10H2,1-3H3,(H,19,20,21,22). The van der Waals surface area contributed by atoms with Crippen molar-refractivity contribution in [3.63, 3.8) is 0 Å². The van der Waals surface area contributed by atoms with Gasteiger partial charge in [0.15, 0.2) is 11.0 Å². The van der Waals surface area contributed by atoms with Gasteiger partial charge in [0.25, 0.3) is 0 Å². The van der Waals surface area contributed by atoms with Crippen molar-refractivity contribution in [2.75, 3.05) is 0 Å². The van der Waals surface area contributed by atoms with Crippen LogP contribution >= 0.6 is 11.8 Å². The number of benzene rings is 1. The Labute approximate surface area is 140 Å². The lowest BCUT2D eigenvalue weighted by Crippen LogP contribution is -2.26. The molecule has 0 radical (unpaired) electrons. The van der Waals surface area contributed by atoms with E-state index in [1.807, 2.05) is 25.1 Å². The van der Waals surface area contributed by atoms with Gasteiger partial charge in [-0.25, -0.2) is 9.98 Å². The number of pyridine rings is 1. The fraction of sp³-hybridized carbons (Fsp3) is 0.278. The number of hydrogen-bond acceptors (Lipinski definition) is 4. The van der Waals surface area contributed by atoms with Crippen molar-refractivity contribution in [1.29, 1.82) is 0 Å². The third-order valence-electron chi connectivity index (χ3n) is 3.86. The number of carbonyl (C=O) groups is 1. The number of carbonyl (C=O) groups excluding carboxylic acids is 1. The molecule has 0 spiro atoms. The van der Waals surface area contributed by atoms with Gasteiger partial charge in [-0.2, -0.15) is 0 Å². The number of amidine groups is 1. The predicted octanol–water partition coefficient (Wildman–Crippen LogP) is 3.47. The van der Waals surface area contributed by atoms with Crippen LogP contribution in [0, 0.1) is 20.8 Å². The molecule has 1 aliphatic heterocycles. The zero-order chi connectivity index (χ0) is 16.4. The summed E-state index contributed by atoms with van der Waals surface area (Å²) < 4.78 is 0. The highest BCUT2D eigenvalue weighted by Gasteiger charge is 2.30. The summed E-state index contributed by atoms with van der Waals surface area (Å²) in [6.07, 6.45) is 0.706. The van der Waals surface area contributed by atoms with Crippen LogP contribution in [0.2, 0.25) is 0 Å². The molecule has 0 saturated carbocycles. The van der Waals surface area contributed by atoms with Crippen molar-refractivity contribution < 1.29 is 4.79 Å². The topological polar surface area (TPSA) is 54.4 Å². The summed E-state index contributed by atoms with van der Waals surface area (Å²) in [5.74, 6) is 0.638. The second-order valence-electron chi connectivity index (χ2n) is 5.77. The maximum absolute atomic E-state index is 12.2. The fourth-order valence-corrected chi connectivity index (χ4v) is 3.45. The van der Waals surface area contributed by atoms with Crippen molar-refractivity contribution in [1.82, 2.24) is 10.3 Å². The van der Waals surface area contributed by atoms with Crippen molar-refractivity contribution in [3.8, 4) is 0 Å². The molecule has 1 amide bonds. The summed E-state index contributed by atoms with van der Waals surface area (Å²) in [6.45, 7) is 6.11. The summed E-state index contributed by atoms with van der Waals surface area (Å²) in [5, 5.41) is 3.34. The number of aliphatic imine (C=N–C) groups is 1. The minimum Gasteiger partial charge on any atom is -0.304 e. The summed E-state index contributed by atoms with van der Waals surface area (Å²) in [6, 6.07) is 12.0. The summed E-state index contributed by atoms with van der Waals surface area (Å²) in [7, 11) is 0. The van der Waals surface area contributed by atoms with Crippen LogP contribution in [0.3, 0.4) is 0 Å². The van der Waals surface area contributed by atoms with E-state index in [1.54, 1.807) is 0 Å². The summed E-state index contributed by atoms with van der Waals surface area (Å²) in [4.78, 5) is 20.9. The first-order valence-corrected chi connectivity index (χ1v) is 8.45. The molecular formula is C18H19N3OS. The molecule has 2 aromatic rings. The monoisotopic (exact) mass is 325 g/mol. The van der Waals surface area contributed by atoms with Crippen molar-refractivity contribution in [3.05, 3.63) is 58.8 Å². The van der Waals surface area contributed by atoms with E-state index in [0.717, 1.165) is 5.69 Å². The fourth-order valence-electron chi connectivity index (χ4n) is 2.43. The van der Waals surface area contributed by atoms with Crippen LogP contribution in [-0.2, 0) is 11.2 Å². The molecule has 1 atom stereocenters. The second kappa shape index (κ2) is 6.54. The van der Waals surface area contributed by atoms with E-state index >= 15 is 0 Å². The van der Waals surface area contributed by atoms with E-state index in [-0.39, 0.29) is 11.2 Å². The van der Waals surface area contributed by atoms with E-state index in [4.69, 9.17) is 0 Å². The van der Waals surface area contributed by atoms with E-state index in [1.165, 1.54) is 28.5 Å². The van der Waals surface area contributed by atoms with E-state index < -0.39 is 0 Å². The molecule has 5 heteroatoms. The van der Waals surface area contributed by atoms with Gasteiger partial charge in [-0.05, 0) is 56.0 Å². The lowest BCUT2D eigenvalue weighted by molar-refractivity contribution is -0.118. The molecule has 3 rings (SSSR count). The van der Waals surface area contributed by atoms with Crippen LogP contribution in [-0.4, -0.2) is 21.3 Å². The number of aromatic nitrogens is 1. The first-order chi connectivity index (χ1) is 11.0. The Balaban J connectivity index is 1.73. The zero-order valence-electron chi connectivity index (χ0n) is 13.5. The van der Waals surface area contributed by atoms with Crippen LogP contribution in [0.4, 0.5) is 5.82 Å². The highest BCUT2D eigenvalue weighted by Crippen LogP contribution is 2.25.